The maximum absolute atomic E-state index is 5.85. The highest BCUT2D eigenvalue weighted by Gasteiger charge is 2.12. The van der Waals surface area contributed by atoms with Crippen LogP contribution in [0, 0.1) is 0 Å². The number of benzene rings is 3. The summed E-state index contributed by atoms with van der Waals surface area (Å²) in [5.41, 5.74) is 11.0. The fourth-order valence-electron chi connectivity index (χ4n) is 2.70. The van der Waals surface area contributed by atoms with Gasteiger partial charge in [0.1, 0.15) is 5.75 Å². The molecule has 0 aliphatic heterocycles. The van der Waals surface area contributed by atoms with Crippen LogP contribution >= 0.6 is 0 Å². The van der Waals surface area contributed by atoms with Gasteiger partial charge in [0.25, 0.3) is 0 Å². The number of ether oxygens (including phenoxy) is 1. The van der Waals surface area contributed by atoms with Gasteiger partial charge in [0.05, 0.1) is 7.11 Å². The Morgan fingerprint density at radius 2 is 1.04 bits per heavy atom. The van der Waals surface area contributed by atoms with Crippen LogP contribution in [0.5, 0.6) is 5.75 Å². The summed E-state index contributed by atoms with van der Waals surface area (Å²) in [6.45, 7) is 0. The summed E-state index contributed by atoms with van der Waals surface area (Å²) in [6, 6.07) is 24.4. The highest BCUT2D eigenvalue weighted by molar-refractivity contribution is 5.78. The Kier molecular flexibility index (Phi) is 4.80. The average Bonchev–Trinajstić information content (AvgIpc) is 2.64. The van der Waals surface area contributed by atoms with Crippen molar-refractivity contribution >= 4 is 28.4 Å². The van der Waals surface area contributed by atoms with E-state index in [1.54, 1.807) is 7.11 Å². The Hall–Kier alpha value is -3.14. The molecule has 0 atom stereocenters. The van der Waals surface area contributed by atoms with Crippen molar-refractivity contribution in [1.82, 2.24) is 0 Å². The summed E-state index contributed by atoms with van der Waals surface area (Å²) in [4.78, 5) is 4.28. The minimum Gasteiger partial charge on any atom is -0.497 e. The van der Waals surface area contributed by atoms with Crippen LogP contribution in [-0.4, -0.2) is 21.2 Å². The van der Waals surface area contributed by atoms with Crippen molar-refractivity contribution in [3.8, 4) is 5.75 Å². The van der Waals surface area contributed by atoms with Crippen molar-refractivity contribution in [3.05, 3.63) is 72.8 Å². The maximum Gasteiger partial charge on any atom is 0.119 e. The summed E-state index contributed by atoms with van der Waals surface area (Å²) < 4.78 is 5.28. The third kappa shape index (κ3) is 3.69. The van der Waals surface area contributed by atoms with Crippen molar-refractivity contribution in [2.75, 3.05) is 36.7 Å². The SMILES string of the molecule is COc1ccc(N(c2ccc(N)cc2)c2ccc(N(C)C)cc2)cc1. The van der Waals surface area contributed by atoms with Crippen LogP contribution in [0.25, 0.3) is 0 Å². The number of anilines is 5. The lowest BCUT2D eigenvalue weighted by Gasteiger charge is -2.26. The molecule has 4 heteroatoms. The topological polar surface area (TPSA) is 41.7 Å². The Balaban J connectivity index is 2.05. The van der Waals surface area contributed by atoms with Gasteiger partial charge in [0.2, 0.25) is 0 Å². The van der Waals surface area contributed by atoms with Gasteiger partial charge in [-0.3, -0.25) is 0 Å². The summed E-state index contributed by atoms with van der Waals surface area (Å²) >= 11 is 0. The normalized spacial score (nSPS) is 10.4. The van der Waals surface area contributed by atoms with Crippen molar-refractivity contribution in [2.45, 2.75) is 0 Å². The fourth-order valence-corrected chi connectivity index (χ4v) is 2.70. The van der Waals surface area contributed by atoms with Gasteiger partial charge in [0.15, 0.2) is 0 Å². The molecule has 0 fully saturated rings. The average molecular weight is 333 g/mol. The van der Waals surface area contributed by atoms with Crippen molar-refractivity contribution in [3.63, 3.8) is 0 Å². The van der Waals surface area contributed by atoms with Crippen LogP contribution in [0.15, 0.2) is 72.8 Å². The number of rotatable bonds is 5. The van der Waals surface area contributed by atoms with Crippen molar-refractivity contribution < 1.29 is 4.74 Å². The van der Waals surface area contributed by atoms with Gasteiger partial charge in [-0.1, -0.05) is 0 Å². The molecule has 4 nitrogen and oxygen atoms in total. The van der Waals surface area contributed by atoms with E-state index in [0.29, 0.717) is 0 Å². The lowest BCUT2D eigenvalue weighted by molar-refractivity contribution is 0.415. The van der Waals surface area contributed by atoms with E-state index in [4.69, 9.17) is 10.5 Å². The first-order chi connectivity index (χ1) is 12.1. The van der Waals surface area contributed by atoms with Gasteiger partial charge in [-0.15, -0.1) is 0 Å². The zero-order valence-electron chi connectivity index (χ0n) is 14.8. The highest BCUT2D eigenvalue weighted by Crippen LogP contribution is 2.36. The number of hydrogen-bond acceptors (Lipinski definition) is 4. The highest BCUT2D eigenvalue weighted by atomic mass is 16.5. The number of nitrogens with two attached hydrogens (primary N) is 1. The predicted octanol–water partition coefficient (Wildman–Crippen LogP) is 4.81. The zero-order valence-corrected chi connectivity index (χ0v) is 14.8. The molecule has 3 rings (SSSR count). The Morgan fingerprint density at radius 3 is 1.48 bits per heavy atom. The molecule has 0 spiro atoms. The Labute approximate surface area is 149 Å². The largest absolute Gasteiger partial charge is 0.497 e. The second-order valence-electron chi connectivity index (χ2n) is 6.04. The van der Waals surface area contributed by atoms with Crippen LogP contribution in [0.4, 0.5) is 28.4 Å². The van der Waals surface area contributed by atoms with Gasteiger partial charge in [0, 0.05) is 42.5 Å². The van der Waals surface area contributed by atoms with Crippen LogP contribution in [-0.2, 0) is 0 Å². The molecule has 25 heavy (non-hydrogen) atoms. The van der Waals surface area contributed by atoms with E-state index in [9.17, 15) is 0 Å². The van der Waals surface area contributed by atoms with Crippen LogP contribution in [0.3, 0.4) is 0 Å². The third-order valence-corrected chi connectivity index (χ3v) is 4.11. The molecule has 0 aliphatic rings. The number of nitrogen functional groups attached to an aromatic ring is 1. The van der Waals surface area contributed by atoms with E-state index in [-0.39, 0.29) is 0 Å². The predicted molar refractivity (Wildman–Crippen MR) is 106 cm³/mol. The number of methoxy groups -OCH3 is 1. The first-order valence-corrected chi connectivity index (χ1v) is 8.15. The Bertz CT molecular complexity index is 809. The molecule has 3 aromatic carbocycles. The first-order valence-electron chi connectivity index (χ1n) is 8.15. The van der Waals surface area contributed by atoms with Crippen molar-refractivity contribution in [2.24, 2.45) is 0 Å². The molecule has 2 N–H and O–H groups in total. The summed E-state index contributed by atoms with van der Waals surface area (Å²) in [7, 11) is 5.75. The smallest absolute Gasteiger partial charge is 0.119 e. The van der Waals surface area contributed by atoms with Crippen LogP contribution in [0.1, 0.15) is 0 Å². The van der Waals surface area contributed by atoms with E-state index in [1.165, 1.54) is 0 Å². The molecule has 0 amide bonds. The summed E-state index contributed by atoms with van der Waals surface area (Å²) in [6.07, 6.45) is 0. The van der Waals surface area contributed by atoms with E-state index < -0.39 is 0 Å². The van der Waals surface area contributed by atoms with E-state index in [0.717, 1.165) is 34.2 Å². The summed E-state index contributed by atoms with van der Waals surface area (Å²) in [5.74, 6) is 0.837. The molecule has 0 heterocycles. The monoisotopic (exact) mass is 333 g/mol. The van der Waals surface area contributed by atoms with Gasteiger partial charge in [-0.2, -0.15) is 0 Å². The third-order valence-electron chi connectivity index (χ3n) is 4.11. The number of hydrogen-bond donors (Lipinski definition) is 1. The van der Waals surface area contributed by atoms with E-state index in [2.05, 4.69) is 46.2 Å². The van der Waals surface area contributed by atoms with Gasteiger partial charge >= 0.3 is 0 Å². The van der Waals surface area contributed by atoms with Gasteiger partial charge in [-0.05, 0) is 72.8 Å². The lowest BCUT2D eigenvalue weighted by Crippen LogP contribution is -2.11. The molecule has 0 bridgehead atoms. The molecule has 0 aliphatic carbocycles. The Morgan fingerprint density at radius 1 is 0.640 bits per heavy atom. The van der Waals surface area contributed by atoms with Crippen molar-refractivity contribution in [1.29, 1.82) is 0 Å². The molecule has 128 valence electrons. The second kappa shape index (κ2) is 7.18. The molecule has 0 unspecified atom stereocenters. The van der Waals surface area contributed by atoms with Gasteiger partial charge < -0.3 is 20.3 Å². The van der Waals surface area contributed by atoms with Crippen LogP contribution < -0.4 is 20.3 Å². The molecular formula is C21H23N3O. The van der Waals surface area contributed by atoms with Gasteiger partial charge in [-0.25, -0.2) is 0 Å². The van der Waals surface area contributed by atoms with Crippen LogP contribution in [0.2, 0.25) is 0 Å². The molecule has 0 aromatic heterocycles. The molecule has 0 saturated carbocycles. The molecular weight excluding hydrogens is 310 g/mol. The minimum absolute atomic E-state index is 0.751. The number of nitrogens with zero attached hydrogens (tertiary/aromatic N) is 2. The molecule has 0 radical (unpaired) electrons. The fraction of sp³-hybridized carbons (Fsp3) is 0.143. The van der Waals surface area contributed by atoms with E-state index >= 15 is 0 Å². The summed E-state index contributed by atoms with van der Waals surface area (Å²) in [5, 5.41) is 0. The second-order valence-corrected chi connectivity index (χ2v) is 6.04. The minimum atomic E-state index is 0.751. The lowest BCUT2D eigenvalue weighted by atomic mass is 10.1. The molecule has 3 aromatic rings. The van der Waals surface area contributed by atoms with E-state index in [1.807, 2.05) is 50.5 Å². The first kappa shape index (κ1) is 16.7. The maximum atomic E-state index is 5.85. The molecule has 0 saturated heterocycles. The quantitative estimate of drug-likeness (QED) is 0.680. The zero-order chi connectivity index (χ0) is 17.8. The standard InChI is InChI=1S/C21H23N3O/c1-23(2)17-8-10-19(11-9-17)24(18-6-4-16(22)5-7-18)20-12-14-21(25-3)15-13-20/h4-15H,22H2,1-3H3.